The van der Waals surface area contributed by atoms with E-state index >= 15 is 0 Å². The Balaban J connectivity index is 1.52. The zero-order valence-corrected chi connectivity index (χ0v) is 21.9. The molecule has 6 nitrogen and oxygen atoms in total. The number of rotatable bonds is 8. The number of ether oxygens (including phenoxy) is 1. The van der Waals surface area contributed by atoms with Crippen LogP contribution in [0.4, 0.5) is 0 Å². The Labute approximate surface area is 214 Å². The quantitative estimate of drug-likeness (QED) is 0.403. The number of benzene rings is 2. The van der Waals surface area contributed by atoms with Gasteiger partial charge in [0.25, 0.3) is 5.91 Å². The van der Waals surface area contributed by atoms with Crippen LogP contribution in [0, 0.1) is 0 Å². The van der Waals surface area contributed by atoms with Gasteiger partial charge in [0.05, 0.1) is 12.2 Å². The molecule has 1 N–H and O–H groups in total. The molecule has 0 radical (unpaired) electrons. The number of H-pyrrole nitrogens is 1. The number of carbonyl (C=O) groups is 2. The Morgan fingerprint density at radius 2 is 1.83 bits per heavy atom. The van der Waals surface area contributed by atoms with Crippen LogP contribution in [-0.4, -0.2) is 59.4 Å². The first-order chi connectivity index (χ1) is 16.9. The number of halogens is 1. The lowest BCUT2D eigenvalue weighted by atomic mass is 9.76. The zero-order chi connectivity index (χ0) is 24.6. The van der Waals surface area contributed by atoms with E-state index in [9.17, 15) is 9.59 Å². The molecular formula is C28H32BrN3O3. The van der Waals surface area contributed by atoms with Crippen LogP contribution in [0.25, 0.3) is 10.9 Å². The van der Waals surface area contributed by atoms with Crippen molar-refractivity contribution in [2.24, 2.45) is 0 Å². The van der Waals surface area contributed by atoms with Crippen LogP contribution in [0.2, 0.25) is 0 Å². The predicted octanol–water partition coefficient (Wildman–Crippen LogP) is 5.17. The van der Waals surface area contributed by atoms with Gasteiger partial charge in [-0.3, -0.25) is 9.59 Å². The highest BCUT2D eigenvalue weighted by molar-refractivity contribution is 9.10. The second kappa shape index (κ2) is 9.78. The number of para-hydroxylation sites is 1. The minimum Gasteiger partial charge on any atom is -0.381 e. The number of nitrogens with one attached hydrogen (secondary N) is 1. The van der Waals surface area contributed by atoms with E-state index in [0.29, 0.717) is 19.7 Å². The summed E-state index contributed by atoms with van der Waals surface area (Å²) >= 11 is 3.53. The Morgan fingerprint density at radius 1 is 1.09 bits per heavy atom. The molecule has 7 heteroatoms. The molecule has 184 valence electrons. The molecule has 35 heavy (non-hydrogen) atoms. The fourth-order valence-electron chi connectivity index (χ4n) is 5.56. The van der Waals surface area contributed by atoms with E-state index in [0.717, 1.165) is 58.1 Å². The molecule has 2 unspecified atom stereocenters. The summed E-state index contributed by atoms with van der Waals surface area (Å²) in [5.74, 6) is -0.0456. The van der Waals surface area contributed by atoms with Crippen LogP contribution in [0.3, 0.4) is 0 Å². The van der Waals surface area contributed by atoms with Crippen LogP contribution >= 0.6 is 15.9 Å². The normalized spacial score (nSPS) is 22.0. The average Bonchev–Trinajstić information content (AvgIpc) is 3.26. The monoisotopic (exact) mass is 537 g/mol. The van der Waals surface area contributed by atoms with E-state index < -0.39 is 5.54 Å². The van der Waals surface area contributed by atoms with Crippen molar-refractivity contribution < 1.29 is 14.3 Å². The minimum atomic E-state index is -1.06. The first kappa shape index (κ1) is 24.1. The van der Waals surface area contributed by atoms with Gasteiger partial charge >= 0.3 is 0 Å². The Bertz CT molecular complexity index is 1240. The number of fused-ring (bicyclic) bond motifs is 5. The van der Waals surface area contributed by atoms with E-state index in [4.69, 9.17) is 4.74 Å². The average molecular weight is 538 g/mol. The smallest absolute Gasteiger partial charge is 0.254 e. The van der Waals surface area contributed by atoms with Crippen molar-refractivity contribution in [1.29, 1.82) is 0 Å². The standard InChI is InChI=1S/C28H32BrN3O3/c1-3-4-15-35-16-7-14-31-18-24(33)32-17-22(19-10-12-20(29)13-11-19)25-21-8-5-6-9-23(21)30-26(25)28(32,2)27(31)34/h5-6,8-13,22,30H,3-4,7,14-18H2,1-2H3. The summed E-state index contributed by atoms with van der Waals surface area (Å²) in [5.41, 5.74) is 3.02. The summed E-state index contributed by atoms with van der Waals surface area (Å²) in [4.78, 5) is 34.6. The molecule has 1 saturated heterocycles. The van der Waals surface area contributed by atoms with E-state index in [1.165, 1.54) is 0 Å². The fraction of sp³-hybridized carbons (Fsp3) is 0.429. The number of aromatic nitrogens is 1. The molecule has 2 atom stereocenters. The summed E-state index contributed by atoms with van der Waals surface area (Å²) in [6.07, 6.45) is 2.86. The summed E-state index contributed by atoms with van der Waals surface area (Å²) in [5, 5.41) is 1.11. The number of piperazine rings is 1. The molecule has 0 aliphatic carbocycles. The van der Waals surface area contributed by atoms with Crippen molar-refractivity contribution in [3.05, 3.63) is 69.8 Å². The van der Waals surface area contributed by atoms with E-state index in [1.54, 1.807) is 9.80 Å². The molecule has 3 aromatic rings. The lowest BCUT2D eigenvalue weighted by molar-refractivity contribution is -0.166. The van der Waals surface area contributed by atoms with Crippen molar-refractivity contribution >= 4 is 38.6 Å². The van der Waals surface area contributed by atoms with Crippen LogP contribution < -0.4 is 0 Å². The Kier molecular flexibility index (Phi) is 6.73. The second-order valence-corrected chi connectivity index (χ2v) is 10.6. The molecule has 3 heterocycles. The predicted molar refractivity (Wildman–Crippen MR) is 140 cm³/mol. The molecule has 0 bridgehead atoms. The number of hydrogen-bond acceptors (Lipinski definition) is 3. The number of carbonyl (C=O) groups excluding carboxylic acids is 2. The van der Waals surface area contributed by atoms with E-state index in [1.807, 2.05) is 37.3 Å². The fourth-order valence-corrected chi connectivity index (χ4v) is 5.82. The number of unbranched alkanes of at least 4 members (excludes halogenated alkanes) is 1. The van der Waals surface area contributed by atoms with Crippen molar-refractivity contribution in [1.82, 2.24) is 14.8 Å². The lowest BCUT2D eigenvalue weighted by Gasteiger charge is -2.51. The third-order valence-corrected chi connectivity index (χ3v) is 7.98. The number of aromatic amines is 1. The first-order valence-corrected chi connectivity index (χ1v) is 13.3. The first-order valence-electron chi connectivity index (χ1n) is 12.5. The van der Waals surface area contributed by atoms with Gasteiger partial charge in [-0.15, -0.1) is 0 Å². The van der Waals surface area contributed by atoms with E-state index in [2.05, 4.69) is 46.0 Å². The maximum Gasteiger partial charge on any atom is 0.254 e. The maximum atomic E-state index is 14.0. The SMILES string of the molecule is CCCCOCCCN1CC(=O)N2CC(c3ccc(Br)cc3)c3c([nH]c4ccccc34)C2(C)C1=O. The molecule has 1 aromatic heterocycles. The molecular weight excluding hydrogens is 506 g/mol. The van der Waals surface area contributed by atoms with Gasteiger partial charge in [-0.25, -0.2) is 0 Å². The highest BCUT2D eigenvalue weighted by atomic mass is 79.9. The van der Waals surface area contributed by atoms with Gasteiger partial charge < -0.3 is 19.5 Å². The van der Waals surface area contributed by atoms with Crippen molar-refractivity contribution in [2.45, 2.75) is 44.6 Å². The van der Waals surface area contributed by atoms with Crippen LogP contribution in [0.15, 0.2) is 53.0 Å². The summed E-state index contributed by atoms with van der Waals surface area (Å²) < 4.78 is 6.70. The molecule has 1 fully saturated rings. The topological polar surface area (TPSA) is 65.6 Å². The summed E-state index contributed by atoms with van der Waals surface area (Å²) in [6, 6.07) is 16.4. The highest BCUT2D eigenvalue weighted by Crippen LogP contribution is 2.48. The third kappa shape index (κ3) is 4.19. The highest BCUT2D eigenvalue weighted by Gasteiger charge is 2.56. The molecule has 5 rings (SSSR count). The van der Waals surface area contributed by atoms with Gasteiger partial charge in [0, 0.05) is 47.6 Å². The largest absolute Gasteiger partial charge is 0.381 e. The molecule has 2 aromatic carbocycles. The van der Waals surface area contributed by atoms with Crippen LogP contribution in [0.5, 0.6) is 0 Å². The Morgan fingerprint density at radius 3 is 2.60 bits per heavy atom. The van der Waals surface area contributed by atoms with E-state index in [-0.39, 0.29) is 24.3 Å². The summed E-state index contributed by atoms with van der Waals surface area (Å²) in [7, 11) is 0. The zero-order valence-electron chi connectivity index (χ0n) is 20.4. The minimum absolute atomic E-state index is 0.00887. The van der Waals surface area contributed by atoms with Gasteiger partial charge in [-0.1, -0.05) is 59.6 Å². The van der Waals surface area contributed by atoms with Crippen LogP contribution in [0.1, 0.15) is 55.8 Å². The molecule has 0 spiro atoms. The molecule has 2 aliphatic heterocycles. The van der Waals surface area contributed by atoms with Gasteiger partial charge in [-0.05, 0) is 49.1 Å². The van der Waals surface area contributed by atoms with Crippen molar-refractivity contribution in [3.63, 3.8) is 0 Å². The van der Waals surface area contributed by atoms with Crippen molar-refractivity contribution in [2.75, 3.05) is 32.8 Å². The maximum absolute atomic E-state index is 14.0. The van der Waals surface area contributed by atoms with Crippen LogP contribution in [-0.2, 0) is 19.9 Å². The van der Waals surface area contributed by atoms with Gasteiger partial charge in [0.1, 0.15) is 0 Å². The Hall–Kier alpha value is -2.64. The number of amides is 2. The third-order valence-electron chi connectivity index (χ3n) is 7.45. The number of hydrogen-bond donors (Lipinski definition) is 1. The van der Waals surface area contributed by atoms with Gasteiger partial charge in [-0.2, -0.15) is 0 Å². The van der Waals surface area contributed by atoms with Gasteiger partial charge in [0.15, 0.2) is 5.54 Å². The molecule has 2 amide bonds. The number of nitrogens with zero attached hydrogens (tertiary/aromatic N) is 2. The molecule has 0 saturated carbocycles. The van der Waals surface area contributed by atoms with Crippen molar-refractivity contribution in [3.8, 4) is 0 Å². The second-order valence-electron chi connectivity index (χ2n) is 9.69. The van der Waals surface area contributed by atoms with Gasteiger partial charge in [0.2, 0.25) is 5.91 Å². The lowest BCUT2D eigenvalue weighted by Crippen LogP contribution is -2.67. The molecule has 2 aliphatic rings. The summed E-state index contributed by atoms with van der Waals surface area (Å²) in [6.45, 7) is 6.50.